The molecule has 2 saturated carbocycles. The number of pyridine rings is 4. The minimum atomic E-state index is -0.770. The molecule has 2 aliphatic carbocycles. The zero-order valence-corrected chi connectivity index (χ0v) is 46.1. The first kappa shape index (κ1) is 52.8. The molecule has 2 aliphatic heterocycles. The van der Waals surface area contributed by atoms with Gasteiger partial charge in [0.25, 0.3) is 5.91 Å². The maximum atomic E-state index is 13.3. The van der Waals surface area contributed by atoms with Crippen molar-refractivity contribution in [2.45, 2.75) is 68.2 Å². The lowest BCUT2D eigenvalue weighted by atomic mass is 9.68. The first-order valence-electron chi connectivity index (χ1n) is 28.7. The van der Waals surface area contributed by atoms with Crippen LogP contribution >= 0.6 is 0 Å². The van der Waals surface area contributed by atoms with Crippen LogP contribution in [-0.2, 0) is 34.9 Å². The van der Waals surface area contributed by atoms with E-state index < -0.39 is 11.6 Å². The lowest BCUT2D eigenvalue weighted by Gasteiger charge is -2.48. The summed E-state index contributed by atoms with van der Waals surface area (Å²) in [5, 5.41) is 9.90. The topological polar surface area (TPSA) is 263 Å². The average molecular weight is 1120 g/mol. The van der Waals surface area contributed by atoms with Gasteiger partial charge in [0, 0.05) is 77.0 Å². The van der Waals surface area contributed by atoms with Crippen LogP contribution in [0.15, 0.2) is 158 Å². The fourth-order valence-corrected chi connectivity index (χ4v) is 12.0. The Hall–Kier alpha value is -9.24. The number of rotatable bonds is 14. The molecule has 8 heterocycles. The van der Waals surface area contributed by atoms with E-state index in [9.17, 15) is 9.59 Å². The Morgan fingerprint density at radius 2 is 1.17 bits per heavy atom. The summed E-state index contributed by atoms with van der Waals surface area (Å²) in [4.78, 5) is 56.6. The number of aromatic nitrogens is 8. The van der Waals surface area contributed by atoms with Crippen molar-refractivity contribution in [2.24, 2.45) is 17.4 Å². The van der Waals surface area contributed by atoms with Gasteiger partial charge in [-0.1, -0.05) is 48.5 Å². The minimum Gasteiger partial charge on any atom is -0.383 e. The zero-order valence-electron chi connectivity index (χ0n) is 46.1. The van der Waals surface area contributed by atoms with Crippen molar-refractivity contribution in [2.75, 3.05) is 54.7 Å². The van der Waals surface area contributed by atoms with Gasteiger partial charge in [0.1, 0.15) is 22.7 Å². The van der Waals surface area contributed by atoms with Gasteiger partial charge in [-0.25, -0.2) is 29.9 Å². The van der Waals surface area contributed by atoms with Crippen LogP contribution in [-0.4, -0.2) is 96.0 Å². The third-order valence-corrected chi connectivity index (χ3v) is 17.1. The maximum Gasteiger partial charge on any atom is 0.255 e. The smallest absolute Gasteiger partial charge is 0.255 e. The number of anilines is 4. The summed E-state index contributed by atoms with van der Waals surface area (Å²) >= 11 is 0. The second kappa shape index (κ2) is 21.8. The largest absolute Gasteiger partial charge is 0.383 e. The number of carbonyl (C=O) groups excluding carboxylic acids is 2. The normalized spacial score (nSPS) is 19.5. The average Bonchev–Trinajstić information content (AvgIpc) is 3.23. The second-order valence-corrected chi connectivity index (χ2v) is 22.3. The van der Waals surface area contributed by atoms with Gasteiger partial charge < -0.3 is 47.4 Å². The highest BCUT2D eigenvalue weighted by atomic mass is 16.6. The highest BCUT2D eigenvalue weighted by Gasteiger charge is 2.46. The van der Waals surface area contributed by atoms with Gasteiger partial charge in [0.05, 0.1) is 47.9 Å². The van der Waals surface area contributed by atoms with Gasteiger partial charge >= 0.3 is 0 Å². The number of nitrogen functional groups attached to an aromatic ring is 1. The Morgan fingerprint density at radius 3 is 1.74 bits per heavy atom. The molecule has 19 nitrogen and oxygen atoms in total. The molecule has 6 aromatic heterocycles. The SMILES string of the molecule is Nc1ncccc1-c1nc2ccc(-c3cccc(NC(=O)C4COCCO4)c3)nc2n1-c1ccc(C2(N)CCC2Nc2ncccc2-c2nc3ccc(-c4cccc(NC(=O)C5CCOCC5)c4)nc3n2-c2ccc(C3(N)CCC3)cc2)cc1. The number of nitrogens with two attached hydrogens (primary N) is 3. The van der Waals surface area contributed by atoms with E-state index >= 15 is 0 Å². The molecule has 0 radical (unpaired) electrons. The van der Waals surface area contributed by atoms with E-state index in [0.29, 0.717) is 108 Å². The summed E-state index contributed by atoms with van der Waals surface area (Å²) in [6, 6.07) is 47.3. The molecule has 3 atom stereocenters. The molecule has 3 unspecified atom stereocenters. The fraction of sp³-hybridized carbons (Fsp3) is 0.262. The standard InChI is InChI=1S/C65H62N14O5/c66-56-48(10-3-30-69-56)58-75-52-22-20-51(41-7-2-9-45(37-41)72-63(81)54-38-83-34-35-84-54)73-60(52)78(58)47-18-14-43(15-19-47)65(68)29-24-55(65)77-57-49(11-4-31-70-57)59-76-53-23-21-50(40-6-1-8-44(36-40)71-62(80)39-25-32-82-33-26-39)74-61(53)79(59)46-16-12-42(13-17-46)64(67)27-5-28-64/h1-4,6-23,30-31,36-37,39,54-55H,5,24-29,32-35,38,67-68H2,(H2,66,69)(H,70,77)(H,71,80)(H,72,81). The summed E-state index contributed by atoms with van der Waals surface area (Å²) in [5.74, 6) is 1.84. The predicted molar refractivity (Wildman–Crippen MR) is 323 cm³/mol. The third-order valence-electron chi connectivity index (χ3n) is 17.1. The Bertz CT molecular complexity index is 4130. The number of carbonyl (C=O) groups is 2. The fourth-order valence-electron chi connectivity index (χ4n) is 12.0. The van der Waals surface area contributed by atoms with Crippen LogP contribution in [0.5, 0.6) is 0 Å². The predicted octanol–water partition coefficient (Wildman–Crippen LogP) is 9.68. The first-order chi connectivity index (χ1) is 41.0. The number of amides is 2. The first-order valence-corrected chi connectivity index (χ1v) is 28.7. The molecule has 84 heavy (non-hydrogen) atoms. The monoisotopic (exact) mass is 1120 g/mol. The molecule has 0 spiro atoms. The lowest BCUT2D eigenvalue weighted by Crippen LogP contribution is -2.59. The Balaban J connectivity index is 0.777. The number of nitrogens with one attached hydrogen (secondary N) is 3. The molecule has 422 valence electrons. The highest BCUT2D eigenvalue weighted by Crippen LogP contribution is 2.44. The molecular formula is C65H62N14O5. The van der Waals surface area contributed by atoms with Crippen LogP contribution < -0.4 is 33.2 Å². The number of nitrogens with zero attached hydrogens (tertiary/aromatic N) is 8. The van der Waals surface area contributed by atoms with Crippen molar-refractivity contribution < 1.29 is 23.8 Å². The van der Waals surface area contributed by atoms with E-state index in [0.717, 1.165) is 77.0 Å². The van der Waals surface area contributed by atoms with Gasteiger partial charge in [0.15, 0.2) is 29.0 Å². The minimum absolute atomic E-state index is 0.000158. The lowest BCUT2D eigenvalue weighted by molar-refractivity contribution is -0.142. The number of benzene rings is 4. The van der Waals surface area contributed by atoms with E-state index in [1.54, 1.807) is 12.4 Å². The van der Waals surface area contributed by atoms with Gasteiger partial charge in [-0.15, -0.1) is 0 Å². The van der Waals surface area contributed by atoms with Crippen LogP contribution in [0.3, 0.4) is 0 Å². The Labute approximate surface area is 484 Å². The summed E-state index contributed by atoms with van der Waals surface area (Å²) < 4.78 is 20.7. The van der Waals surface area contributed by atoms with Gasteiger partial charge in [-0.2, -0.15) is 0 Å². The molecule has 2 amide bonds. The maximum absolute atomic E-state index is 13.3. The number of imidazole rings is 2. The van der Waals surface area contributed by atoms with Crippen LogP contribution in [0.1, 0.15) is 56.1 Å². The zero-order chi connectivity index (χ0) is 56.9. The van der Waals surface area contributed by atoms with E-state index in [2.05, 4.69) is 61.9 Å². The number of hydrogen-bond donors (Lipinski definition) is 6. The summed E-state index contributed by atoms with van der Waals surface area (Å²) in [6.45, 7) is 2.21. The quantitative estimate of drug-likeness (QED) is 0.0592. The van der Waals surface area contributed by atoms with Gasteiger partial charge in [-0.3, -0.25) is 18.7 Å². The second-order valence-electron chi connectivity index (χ2n) is 22.3. The van der Waals surface area contributed by atoms with Gasteiger partial charge in [0.2, 0.25) is 5.91 Å². The van der Waals surface area contributed by atoms with Crippen molar-refractivity contribution in [1.82, 2.24) is 39.0 Å². The van der Waals surface area contributed by atoms with Crippen LogP contribution in [0, 0.1) is 5.92 Å². The molecule has 4 aliphatic rings. The Kier molecular flexibility index (Phi) is 13.7. The van der Waals surface area contributed by atoms with Crippen LogP contribution in [0.25, 0.3) is 79.0 Å². The Morgan fingerprint density at radius 1 is 0.571 bits per heavy atom. The van der Waals surface area contributed by atoms with E-state index in [4.69, 9.17) is 56.3 Å². The van der Waals surface area contributed by atoms with E-state index in [1.807, 2.05) is 114 Å². The molecule has 4 aromatic carbocycles. The number of hydrogen-bond acceptors (Lipinski definition) is 15. The van der Waals surface area contributed by atoms with Crippen molar-refractivity contribution >= 4 is 57.2 Å². The number of ether oxygens (including phenoxy) is 3. The van der Waals surface area contributed by atoms with Crippen molar-refractivity contribution in [3.63, 3.8) is 0 Å². The van der Waals surface area contributed by atoms with Crippen molar-refractivity contribution in [3.05, 3.63) is 169 Å². The summed E-state index contributed by atoms with van der Waals surface area (Å²) in [5.41, 5.74) is 31.9. The van der Waals surface area contributed by atoms with E-state index in [1.165, 1.54) is 0 Å². The summed E-state index contributed by atoms with van der Waals surface area (Å²) in [7, 11) is 0. The van der Waals surface area contributed by atoms with E-state index in [-0.39, 0.29) is 35.9 Å². The molecular weight excluding hydrogens is 1060 g/mol. The molecule has 10 aromatic rings. The molecule has 4 fully saturated rings. The summed E-state index contributed by atoms with van der Waals surface area (Å²) in [6.07, 6.45) is 8.68. The molecule has 0 bridgehead atoms. The molecule has 14 rings (SSSR count). The molecule has 19 heteroatoms. The van der Waals surface area contributed by atoms with Crippen LogP contribution in [0.2, 0.25) is 0 Å². The van der Waals surface area contributed by atoms with Crippen molar-refractivity contribution in [1.29, 1.82) is 0 Å². The van der Waals surface area contributed by atoms with Crippen molar-refractivity contribution in [3.8, 4) is 56.7 Å². The highest BCUT2D eigenvalue weighted by molar-refractivity contribution is 5.95. The number of fused-ring (bicyclic) bond motifs is 2. The molecule has 2 saturated heterocycles. The van der Waals surface area contributed by atoms with Crippen LogP contribution in [0.4, 0.5) is 23.0 Å². The third kappa shape index (κ3) is 9.88. The molecule has 9 N–H and O–H groups in total. The van der Waals surface area contributed by atoms with Gasteiger partial charge in [-0.05, 0) is 153 Å².